The first-order valence-electron chi connectivity index (χ1n) is 3.96. The van der Waals surface area contributed by atoms with Crippen LogP contribution >= 0.6 is 34.5 Å². The molecular weight excluding hydrogens is 236 g/mol. The first kappa shape index (κ1) is 11.8. The summed E-state index contributed by atoms with van der Waals surface area (Å²) in [6.45, 7) is 3.80. The quantitative estimate of drug-likeness (QED) is 0.525. The van der Waals surface area contributed by atoms with E-state index in [1.807, 2.05) is 26.4 Å². The zero-order valence-electron chi connectivity index (χ0n) is 8.53. The van der Waals surface area contributed by atoms with Crippen LogP contribution in [0.2, 0.25) is 0 Å². The van der Waals surface area contributed by atoms with Crippen LogP contribution in [-0.4, -0.2) is 37.7 Å². The number of carbonyl (C=O) groups excluding carboxylic acids is 1. The van der Waals surface area contributed by atoms with E-state index in [0.29, 0.717) is 4.32 Å². The van der Waals surface area contributed by atoms with Crippen molar-refractivity contribution in [2.75, 3.05) is 12.5 Å². The molecule has 14 heavy (non-hydrogen) atoms. The lowest BCUT2D eigenvalue weighted by molar-refractivity contribution is -0.128. The van der Waals surface area contributed by atoms with Gasteiger partial charge in [-0.1, -0.05) is 12.2 Å². The Morgan fingerprint density at radius 3 is 2.29 bits per heavy atom. The molecule has 0 aromatic heterocycles. The second-order valence-corrected chi connectivity index (χ2v) is 8.80. The Hall–Kier alpha value is -0.290. The maximum atomic E-state index is 11.9. The molecule has 0 N–H and O–H groups in total. The zero-order chi connectivity index (χ0) is 11.1. The zero-order valence-corrected chi connectivity index (χ0v) is 11.0. The van der Waals surface area contributed by atoms with Crippen LogP contribution in [0.1, 0.15) is 13.8 Å². The fraction of sp³-hybridized carbons (Fsp3) is 0.625. The second kappa shape index (κ2) is 3.38. The Bertz CT molecular complexity index is 330. The number of carbonyl (C=O) groups is 1. The van der Waals surface area contributed by atoms with E-state index in [1.54, 1.807) is 0 Å². The molecule has 1 amide bonds. The lowest BCUT2D eigenvalue weighted by atomic mass is 10.2. The number of isothiocyanates is 1. The van der Waals surface area contributed by atoms with E-state index in [2.05, 4.69) is 22.5 Å². The summed E-state index contributed by atoms with van der Waals surface area (Å²) in [6.07, 6.45) is 4.04. The molecule has 3 nitrogen and oxygen atoms in total. The van der Waals surface area contributed by atoms with Gasteiger partial charge in [-0.3, -0.25) is 4.79 Å². The molecule has 1 aliphatic rings. The molecule has 0 unspecified atom stereocenters. The normalized spacial score (nSPS) is 25.9. The van der Waals surface area contributed by atoms with Crippen molar-refractivity contribution >= 4 is 49.9 Å². The molecule has 1 heterocycles. The van der Waals surface area contributed by atoms with Crippen molar-refractivity contribution in [2.24, 2.45) is 5.10 Å². The molecular formula is C8H12N2OS3. The maximum Gasteiger partial charge on any atom is 0.263 e. The summed E-state index contributed by atoms with van der Waals surface area (Å²) in [5.74, 6) is -0.0835. The van der Waals surface area contributed by atoms with Gasteiger partial charge in [-0.05, 0) is 38.6 Å². The highest BCUT2D eigenvalue weighted by atomic mass is 32.3. The molecule has 0 aromatic carbocycles. The Morgan fingerprint density at radius 2 is 2.00 bits per heavy atom. The SMILES string of the molecule is CC1(C)C(=O)N(N=C=S)C(=S)S1(C)C. The minimum atomic E-state index is -1.30. The van der Waals surface area contributed by atoms with Crippen molar-refractivity contribution in [3.63, 3.8) is 0 Å². The van der Waals surface area contributed by atoms with Gasteiger partial charge in [0.2, 0.25) is 0 Å². The Balaban J connectivity index is 3.29. The van der Waals surface area contributed by atoms with Gasteiger partial charge in [-0.25, -0.2) is 0 Å². The molecule has 78 valence electrons. The smallest absolute Gasteiger partial charge is 0.263 e. The fourth-order valence-electron chi connectivity index (χ4n) is 1.12. The molecule has 6 heteroatoms. The van der Waals surface area contributed by atoms with Crippen LogP contribution in [0.25, 0.3) is 0 Å². The van der Waals surface area contributed by atoms with Gasteiger partial charge in [-0.15, -0.1) is 5.10 Å². The average Bonchev–Trinajstić information content (AvgIpc) is 2.19. The van der Waals surface area contributed by atoms with Gasteiger partial charge in [0.05, 0.1) is 9.91 Å². The van der Waals surface area contributed by atoms with E-state index in [-0.39, 0.29) is 5.91 Å². The summed E-state index contributed by atoms with van der Waals surface area (Å²) >= 11 is 9.71. The number of rotatable bonds is 1. The van der Waals surface area contributed by atoms with Crippen molar-refractivity contribution in [3.05, 3.63) is 0 Å². The molecule has 0 aromatic rings. The number of hydrogen-bond acceptors (Lipinski definition) is 4. The minimum Gasteiger partial charge on any atom is -0.271 e. The number of amides is 1. The molecule has 0 atom stereocenters. The lowest BCUT2D eigenvalue weighted by Gasteiger charge is -2.35. The van der Waals surface area contributed by atoms with Crippen LogP contribution in [0, 0.1) is 0 Å². The van der Waals surface area contributed by atoms with E-state index in [9.17, 15) is 4.79 Å². The Kier molecular flexibility index (Phi) is 2.84. The van der Waals surface area contributed by atoms with Crippen molar-refractivity contribution in [1.82, 2.24) is 5.01 Å². The van der Waals surface area contributed by atoms with Crippen molar-refractivity contribution in [1.29, 1.82) is 0 Å². The van der Waals surface area contributed by atoms with Gasteiger partial charge >= 0.3 is 0 Å². The predicted molar refractivity (Wildman–Crippen MR) is 68.0 cm³/mol. The van der Waals surface area contributed by atoms with Crippen molar-refractivity contribution in [2.45, 2.75) is 18.6 Å². The Morgan fingerprint density at radius 1 is 1.50 bits per heavy atom. The third-order valence-electron chi connectivity index (χ3n) is 2.73. The van der Waals surface area contributed by atoms with Gasteiger partial charge in [0, 0.05) is 0 Å². The minimum absolute atomic E-state index is 0.0835. The van der Waals surface area contributed by atoms with Crippen LogP contribution in [0.3, 0.4) is 0 Å². The van der Waals surface area contributed by atoms with Gasteiger partial charge in [0.1, 0.15) is 4.32 Å². The number of hydrazone groups is 1. The van der Waals surface area contributed by atoms with Crippen molar-refractivity contribution in [3.8, 4) is 0 Å². The molecule has 0 radical (unpaired) electrons. The van der Waals surface area contributed by atoms with Crippen molar-refractivity contribution < 1.29 is 4.79 Å². The molecule has 1 aliphatic heterocycles. The van der Waals surface area contributed by atoms with E-state index in [4.69, 9.17) is 12.2 Å². The van der Waals surface area contributed by atoms with E-state index >= 15 is 0 Å². The Labute approximate surface area is 95.9 Å². The van der Waals surface area contributed by atoms with Gasteiger partial charge in [0.25, 0.3) is 5.91 Å². The largest absolute Gasteiger partial charge is 0.271 e. The standard InChI is InChI=1S/C8H12N2OS3/c1-8(2)6(11)10(9-5-12)7(13)14(8,3)4/h1-4H3. The van der Waals surface area contributed by atoms with Crippen LogP contribution in [0.5, 0.6) is 0 Å². The third kappa shape index (κ3) is 1.34. The molecule has 0 aliphatic carbocycles. The molecule has 1 fully saturated rings. The van der Waals surface area contributed by atoms with E-state index in [1.165, 1.54) is 5.01 Å². The molecule has 0 bridgehead atoms. The first-order chi connectivity index (χ1) is 6.26. The summed E-state index contributed by atoms with van der Waals surface area (Å²) in [4.78, 5) is 11.9. The first-order valence-corrected chi connectivity index (χ1v) is 7.22. The van der Waals surface area contributed by atoms with E-state index in [0.717, 1.165) is 0 Å². The predicted octanol–water partition coefficient (Wildman–Crippen LogP) is 1.97. The van der Waals surface area contributed by atoms with Gasteiger partial charge < -0.3 is 0 Å². The summed E-state index contributed by atoms with van der Waals surface area (Å²) in [6, 6.07) is 0. The summed E-state index contributed by atoms with van der Waals surface area (Å²) in [5.41, 5.74) is 0. The monoisotopic (exact) mass is 248 g/mol. The van der Waals surface area contributed by atoms with Crippen LogP contribution in [0.4, 0.5) is 0 Å². The highest BCUT2D eigenvalue weighted by molar-refractivity contribution is 8.50. The van der Waals surface area contributed by atoms with Crippen LogP contribution in [-0.2, 0) is 4.79 Å². The van der Waals surface area contributed by atoms with Crippen LogP contribution in [0.15, 0.2) is 5.10 Å². The molecule has 0 saturated carbocycles. The van der Waals surface area contributed by atoms with E-state index < -0.39 is 14.8 Å². The third-order valence-corrected chi connectivity index (χ3v) is 8.01. The highest BCUT2D eigenvalue weighted by Gasteiger charge is 2.54. The molecule has 0 spiro atoms. The van der Waals surface area contributed by atoms with Gasteiger partial charge in [-0.2, -0.15) is 15.0 Å². The van der Waals surface area contributed by atoms with Crippen LogP contribution < -0.4 is 0 Å². The molecule has 1 saturated heterocycles. The number of hydrogen-bond donors (Lipinski definition) is 0. The summed E-state index contributed by atoms with van der Waals surface area (Å²) in [5, 5.41) is 7.11. The summed E-state index contributed by atoms with van der Waals surface area (Å²) in [7, 11) is -1.30. The second-order valence-electron chi connectivity index (χ2n) is 3.91. The average molecular weight is 248 g/mol. The van der Waals surface area contributed by atoms with Gasteiger partial charge in [0.15, 0.2) is 0 Å². The summed E-state index contributed by atoms with van der Waals surface area (Å²) < 4.78 is 0.129. The fourth-order valence-corrected chi connectivity index (χ4v) is 3.46. The number of thiocarbonyl (C=S) groups is 2. The highest BCUT2D eigenvalue weighted by Crippen LogP contribution is 2.60. The number of nitrogens with zero attached hydrogens (tertiary/aromatic N) is 2. The maximum absolute atomic E-state index is 11.9. The molecule has 1 rings (SSSR count). The topological polar surface area (TPSA) is 32.7 Å². The lowest BCUT2D eigenvalue weighted by Crippen LogP contribution is -2.34.